The predicted octanol–water partition coefficient (Wildman–Crippen LogP) is 6.58. The molecule has 0 saturated carbocycles. The van der Waals surface area contributed by atoms with Gasteiger partial charge in [-0.3, -0.25) is 14.9 Å². The van der Waals surface area contributed by atoms with Gasteiger partial charge in [0.05, 0.1) is 28.9 Å². The number of thioether (sulfide) groups is 1. The molecule has 6 rings (SSSR count). The van der Waals surface area contributed by atoms with E-state index in [-0.39, 0.29) is 0 Å². The van der Waals surface area contributed by atoms with Crippen molar-refractivity contribution in [2.75, 3.05) is 69.0 Å². The van der Waals surface area contributed by atoms with E-state index in [1.807, 2.05) is 12.1 Å². The van der Waals surface area contributed by atoms with Gasteiger partial charge in [0.1, 0.15) is 17.1 Å². The Morgan fingerprint density at radius 2 is 1.74 bits per heavy atom. The fourth-order valence-corrected chi connectivity index (χ4v) is 7.34. The molecule has 0 spiro atoms. The molecule has 242 valence electrons. The highest BCUT2D eigenvalue weighted by molar-refractivity contribution is 8.00. The van der Waals surface area contributed by atoms with Crippen LogP contribution in [0.4, 0.5) is 28.8 Å². The maximum atomic E-state index is 5.89. The smallest absolute Gasteiger partial charge is 0.229 e. The number of likely N-dealkylation sites (N-methyl/N-ethyl adjacent to an activating group) is 1. The van der Waals surface area contributed by atoms with Crippen molar-refractivity contribution in [3.05, 3.63) is 60.6 Å². The molecular formula is C35H45N9OS. The highest BCUT2D eigenvalue weighted by Gasteiger charge is 2.28. The number of hydrogen-bond donors (Lipinski definition) is 2. The molecule has 11 heteroatoms. The number of nitrogens with one attached hydrogen (secondary N) is 2. The minimum Gasteiger partial charge on any atom is -0.494 e. The molecule has 4 heterocycles. The van der Waals surface area contributed by atoms with Crippen LogP contribution >= 0.6 is 11.8 Å². The molecule has 4 aromatic rings. The van der Waals surface area contributed by atoms with E-state index in [2.05, 4.69) is 86.8 Å². The van der Waals surface area contributed by atoms with E-state index in [1.165, 1.54) is 50.3 Å². The lowest BCUT2D eigenvalue weighted by atomic mass is 10.0. The topological polar surface area (TPSA) is 94.6 Å². The Balaban J connectivity index is 1.21. The van der Waals surface area contributed by atoms with Gasteiger partial charge in [0.25, 0.3) is 0 Å². The monoisotopic (exact) mass is 639 g/mol. The van der Waals surface area contributed by atoms with E-state index >= 15 is 0 Å². The van der Waals surface area contributed by atoms with Crippen LogP contribution in [-0.4, -0.2) is 94.5 Å². The molecule has 0 atom stereocenters. The summed E-state index contributed by atoms with van der Waals surface area (Å²) in [7, 11) is 3.93. The molecule has 2 aromatic heterocycles. The van der Waals surface area contributed by atoms with E-state index < -0.39 is 0 Å². The van der Waals surface area contributed by atoms with Crippen molar-refractivity contribution in [3.63, 3.8) is 0 Å². The first-order valence-corrected chi connectivity index (χ1v) is 17.0. The van der Waals surface area contributed by atoms with Crippen molar-refractivity contribution < 1.29 is 4.74 Å². The number of aryl methyl sites for hydroxylation is 1. The Morgan fingerprint density at radius 3 is 2.46 bits per heavy atom. The average molecular weight is 640 g/mol. The number of fused-ring (bicyclic) bond motifs is 1. The van der Waals surface area contributed by atoms with Gasteiger partial charge in [0.15, 0.2) is 0 Å². The Bertz CT molecular complexity index is 1680. The standard InChI is InChI=1S/C35H45N9OS/c1-7-25-22-38-35(41-34(25)39-28-9-8-27-32(37-13-12-36-27)33(28)46-23(2)3)40-29-20-24(4)30(21-31(29)45-6)44-14-10-26(11-15-44)43-18-16-42(5)17-19-43/h7-9,12-13,20-23,26H,1,10-11,14-19H2,2-6H3,(H2,38,39,40,41). The van der Waals surface area contributed by atoms with E-state index in [9.17, 15) is 0 Å². The summed E-state index contributed by atoms with van der Waals surface area (Å²) < 4.78 is 5.89. The molecule has 0 radical (unpaired) electrons. The fourth-order valence-electron chi connectivity index (χ4n) is 6.36. The molecule has 2 aliphatic rings. The van der Waals surface area contributed by atoms with Crippen molar-refractivity contribution in [3.8, 4) is 5.75 Å². The molecule has 2 saturated heterocycles. The van der Waals surface area contributed by atoms with E-state index in [0.717, 1.165) is 51.7 Å². The van der Waals surface area contributed by atoms with E-state index in [0.29, 0.717) is 23.1 Å². The summed E-state index contributed by atoms with van der Waals surface area (Å²) in [6.45, 7) is 17.3. The van der Waals surface area contributed by atoms with Crippen LogP contribution in [0.3, 0.4) is 0 Å². The molecule has 0 amide bonds. The second-order valence-electron chi connectivity index (χ2n) is 12.4. The van der Waals surface area contributed by atoms with Crippen molar-refractivity contribution >= 4 is 57.7 Å². The zero-order chi connectivity index (χ0) is 32.2. The SMILES string of the molecule is C=Cc1cnc(Nc2cc(C)c(N3CCC(N4CCN(C)CC4)CC3)cc2OC)nc1Nc1ccc2nccnc2c1SC(C)C. The molecule has 0 aliphatic carbocycles. The van der Waals surface area contributed by atoms with E-state index in [1.54, 1.807) is 43.5 Å². The number of hydrogen-bond acceptors (Lipinski definition) is 11. The van der Waals surface area contributed by atoms with Gasteiger partial charge in [0.2, 0.25) is 5.95 Å². The maximum absolute atomic E-state index is 5.89. The van der Waals surface area contributed by atoms with Crippen molar-refractivity contribution in [2.24, 2.45) is 0 Å². The molecule has 2 aliphatic heterocycles. The number of ether oxygens (including phenoxy) is 1. The van der Waals surface area contributed by atoms with Gasteiger partial charge in [-0.15, -0.1) is 11.8 Å². The summed E-state index contributed by atoms with van der Waals surface area (Å²) in [4.78, 5) is 27.3. The van der Waals surface area contributed by atoms with Gasteiger partial charge >= 0.3 is 0 Å². The third kappa shape index (κ3) is 7.06. The number of nitrogens with zero attached hydrogens (tertiary/aromatic N) is 7. The molecule has 46 heavy (non-hydrogen) atoms. The molecule has 2 N–H and O–H groups in total. The normalized spacial score (nSPS) is 16.6. The lowest BCUT2D eigenvalue weighted by molar-refractivity contribution is 0.0982. The van der Waals surface area contributed by atoms with Crippen LogP contribution in [0.2, 0.25) is 0 Å². The number of rotatable bonds is 10. The summed E-state index contributed by atoms with van der Waals surface area (Å²) >= 11 is 1.75. The third-order valence-electron chi connectivity index (χ3n) is 8.86. The second-order valence-corrected chi connectivity index (χ2v) is 14.0. The first kappa shape index (κ1) is 32.0. The minimum absolute atomic E-state index is 0.358. The highest BCUT2D eigenvalue weighted by Crippen LogP contribution is 2.39. The van der Waals surface area contributed by atoms with Crippen LogP contribution in [0.15, 0.2) is 54.3 Å². The number of piperidine rings is 1. The van der Waals surface area contributed by atoms with Crippen molar-refractivity contribution in [2.45, 2.75) is 49.8 Å². The number of aromatic nitrogens is 4. The number of anilines is 5. The average Bonchev–Trinajstić information content (AvgIpc) is 3.06. The Kier molecular flexibility index (Phi) is 9.91. The molecular weight excluding hydrogens is 595 g/mol. The van der Waals surface area contributed by atoms with Gasteiger partial charge in [-0.1, -0.05) is 26.5 Å². The van der Waals surface area contributed by atoms with Crippen molar-refractivity contribution in [1.29, 1.82) is 0 Å². The quantitative estimate of drug-likeness (QED) is 0.184. The zero-order valence-electron chi connectivity index (χ0n) is 27.6. The van der Waals surface area contributed by atoms with E-state index in [4.69, 9.17) is 9.72 Å². The van der Waals surface area contributed by atoms with Crippen molar-refractivity contribution in [1.82, 2.24) is 29.7 Å². The second kappa shape index (κ2) is 14.2. The first-order valence-electron chi connectivity index (χ1n) is 16.1. The van der Waals surface area contributed by atoms with Gasteiger partial charge in [-0.05, 0) is 50.6 Å². The number of methoxy groups -OCH3 is 1. The molecule has 0 bridgehead atoms. The summed E-state index contributed by atoms with van der Waals surface area (Å²) in [6.07, 6.45) is 9.36. The predicted molar refractivity (Wildman–Crippen MR) is 191 cm³/mol. The summed E-state index contributed by atoms with van der Waals surface area (Å²) in [5, 5.41) is 7.32. The van der Waals surface area contributed by atoms with Gasteiger partial charge in [0, 0.05) is 86.5 Å². The van der Waals surface area contributed by atoms with Gasteiger partial charge in [-0.25, -0.2) is 4.98 Å². The van der Waals surface area contributed by atoms with Gasteiger partial charge < -0.3 is 25.2 Å². The largest absolute Gasteiger partial charge is 0.494 e. The molecule has 0 unspecified atom stereocenters. The third-order valence-corrected chi connectivity index (χ3v) is 9.98. The molecule has 10 nitrogen and oxygen atoms in total. The molecule has 2 fully saturated rings. The van der Waals surface area contributed by atoms with Crippen LogP contribution in [0, 0.1) is 6.92 Å². The summed E-state index contributed by atoms with van der Waals surface area (Å²) in [5.41, 5.74) is 6.66. The number of benzene rings is 2. The fraction of sp³-hybridized carbons (Fsp3) is 0.429. The number of piperazine rings is 1. The van der Waals surface area contributed by atoms with Crippen LogP contribution in [0.1, 0.15) is 37.8 Å². The molecule has 2 aromatic carbocycles. The zero-order valence-corrected chi connectivity index (χ0v) is 28.4. The van der Waals surface area contributed by atoms with Crippen LogP contribution in [0.5, 0.6) is 5.75 Å². The lowest BCUT2D eigenvalue weighted by Gasteiger charge is -2.43. The Labute approximate surface area is 276 Å². The lowest BCUT2D eigenvalue weighted by Crippen LogP contribution is -2.52. The van der Waals surface area contributed by atoms with Crippen LogP contribution < -0.4 is 20.3 Å². The Hall–Kier alpha value is -3.93. The summed E-state index contributed by atoms with van der Waals surface area (Å²) in [6, 6.07) is 8.97. The van der Waals surface area contributed by atoms with Gasteiger partial charge in [-0.2, -0.15) is 4.98 Å². The minimum atomic E-state index is 0.358. The van der Waals surface area contributed by atoms with Crippen LogP contribution in [-0.2, 0) is 0 Å². The Morgan fingerprint density at radius 1 is 0.978 bits per heavy atom. The summed E-state index contributed by atoms with van der Waals surface area (Å²) in [5.74, 6) is 1.87. The highest BCUT2D eigenvalue weighted by atomic mass is 32.2. The van der Waals surface area contributed by atoms with Crippen LogP contribution in [0.25, 0.3) is 17.1 Å². The maximum Gasteiger partial charge on any atom is 0.229 e. The first-order chi connectivity index (χ1) is 22.3.